The lowest BCUT2D eigenvalue weighted by atomic mass is 10.2. The summed E-state index contributed by atoms with van der Waals surface area (Å²) in [6.07, 6.45) is 2.87. The van der Waals surface area contributed by atoms with Gasteiger partial charge in [0.1, 0.15) is 0 Å². The van der Waals surface area contributed by atoms with Crippen LogP contribution in [-0.2, 0) is 14.3 Å². The number of carbonyl (C=O) groups excluding carboxylic acids is 1. The molecule has 1 aliphatic rings. The minimum absolute atomic E-state index is 0.0843. The normalized spacial score (nSPS) is 23.8. The molecule has 0 fully saturated rings. The van der Waals surface area contributed by atoms with Crippen molar-refractivity contribution in [1.82, 2.24) is 0 Å². The molecule has 0 spiro atoms. The molecule has 0 saturated carbocycles. The van der Waals surface area contributed by atoms with Gasteiger partial charge in [-0.25, -0.2) is 0 Å². The van der Waals surface area contributed by atoms with E-state index in [9.17, 15) is 4.79 Å². The molecule has 0 heterocycles. The number of hydrogen-bond acceptors (Lipinski definition) is 3. The molecule has 0 bridgehead atoms. The molecule has 3 nitrogen and oxygen atoms in total. The summed E-state index contributed by atoms with van der Waals surface area (Å²) in [4.78, 5) is 11.4. The van der Waals surface area contributed by atoms with Gasteiger partial charge in [-0.3, -0.25) is 4.79 Å². The summed E-state index contributed by atoms with van der Waals surface area (Å²) in [7, 11) is 0. The number of carbonyl (C=O) groups is 1. The van der Waals surface area contributed by atoms with Gasteiger partial charge in [0.25, 0.3) is 0 Å². The highest BCUT2D eigenvalue weighted by Gasteiger charge is 2.24. The van der Waals surface area contributed by atoms with Crippen LogP contribution in [0.3, 0.4) is 0 Å². The van der Waals surface area contributed by atoms with Crippen molar-refractivity contribution in [2.24, 2.45) is 0 Å². The second-order valence-corrected chi connectivity index (χ2v) is 3.37. The van der Waals surface area contributed by atoms with E-state index in [0.29, 0.717) is 13.0 Å². The van der Waals surface area contributed by atoms with Crippen LogP contribution in [0.15, 0.2) is 11.6 Å². The maximum absolute atomic E-state index is 11.4. The summed E-state index contributed by atoms with van der Waals surface area (Å²) in [5.41, 5.74) is 0.888. The SMILES string of the molecule is CCOC(C)OC1C=C(CC)C(=O)C1. The lowest BCUT2D eigenvalue weighted by Crippen LogP contribution is -2.20. The summed E-state index contributed by atoms with van der Waals surface area (Å²) < 4.78 is 10.8. The van der Waals surface area contributed by atoms with Gasteiger partial charge < -0.3 is 9.47 Å². The van der Waals surface area contributed by atoms with Gasteiger partial charge in [-0.15, -0.1) is 0 Å². The lowest BCUT2D eigenvalue weighted by molar-refractivity contribution is -0.147. The molecule has 2 atom stereocenters. The molecule has 0 aromatic carbocycles. The van der Waals surface area contributed by atoms with E-state index >= 15 is 0 Å². The zero-order chi connectivity index (χ0) is 10.6. The van der Waals surface area contributed by atoms with E-state index in [4.69, 9.17) is 9.47 Å². The van der Waals surface area contributed by atoms with E-state index in [1.165, 1.54) is 0 Å². The maximum Gasteiger partial charge on any atom is 0.161 e. The van der Waals surface area contributed by atoms with Crippen LogP contribution in [0.5, 0.6) is 0 Å². The van der Waals surface area contributed by atoms with Gasteiger partial charge in [-0.2, -0.15) is 0 Å². The monoisotopic (exact) mass is 198 g/mol. The Hall–Kier alpha value is -0.670. The van der Waals surface area contributed by atoms with Crippen molar-refractivity contribution < 1.29 is 14.3 Å². The summed E-state index contributed by atoms with van der Waals surface area (Å²) in [5, 5.41) is 0. The van der Waals surface area contributed by atoms with Crippen LogP contribution in [0.25, 0.3) is 0 Å². The number of allylic oxidation sites excluding steroid dienone is 1. The molecule has 2 unspecified atom stereocenters. The van der Waals surface area contributed by atoms with Crippen LogP contribution in [-0.4, -0.2) is 24.8 Å². The molecule has 0 radical (unpaired) electrons. The van der Waals surface area contributed by atoms with Crippen molar-refractivity contribution in [1.29, 1.82) is 0 Å². The van der Waals surface area contributed by atoms with Gasteiger partial charge in [-0.1, -0.05) is 6.92 Å². The highest BCUT2D eigenvalue weighted by molar-refractivity contribution is 5.98. The number of rotatable bonds is 5. The zero-order valence-electron chi connectivity index (χ0n) is 9.08. The second kappa shape index (κ2) is 5.27. The molecule has 0 aromatic rings. The molecule has 0 N–H and O–H groups in total. The van der Waals surface area contributed by atoms with E-state index in [1.54, 1.807) is 0 Å². The van der Waals surface area contributed by atoms with Crippen LogP contribution in [0, 0.1) is 0 Å². The largest absolute Gasteiger partial charge is 0.353 e. The van der Waals surface area contributed by atoms with Gasteiger partial charge >= 0.3 is 0 Å². The Kier molecular flexibility index (Phi) is 4.29. The number of ketones is 1. The van der Waals surface area contributed by atoms with Gasteiger partial charge in [0.15, 0.2) is 12.1 Å². The lowest BCUT2D eigenvalue weighted by Gasteiger charge is -2.16. The van der Waals surface area contributed by atoms with Crippen molar-refractivity contribution in [3.63, 3.8) is 0 Å². The fourth-order valence-corrected chi connectivity index (χ4v) is 1.61. The summed E-state index contributed by atoms with van der Waals surface area (Å²) in [6.45, 7) is 6.39. The highest BCUT2D eigenvalue weighted by Crippen LogP contribution is 2.21. The third-order valence-corrected chi connectivity index (χ3v) is 2.28. The van der Waals surface area contributed by atoms with Crippen LogP contribution >= 0.6 is 0 Å². The maximum atomic E-state index is 11.4. The molecule has 1 aliphatic carbocycles. The fourth-order valence-electron chi connectivity index (χ4n) is 1.61. The van der Waals surface area contributed by atoms with E-state index in [-0.39, 0.29) is 18.2 Å². The first-order valence-electron chi connectivity index (χ1n) is 5.18. The van der Waals surface area contributed by atoms with Crippen molar-refractivity contribution in [3.05, 3.63) is 11.6 Å². The Morgan fingerprint density at radius 3 is 2.79 bits per heavy atom. The summed E-state index contributed by atoms with van der Waals surface area (Å²) in [6, 6.07) is 0. The first kappa shape index (κ1) is 11.4. The smallest absolute Gasteiger partial charge is 0.161 e. The van der Waals surface area contributed by atoms with Crippen molar-refractivity contribution >= 4 is 5.78 Å². The average Bonchev–Trinajstić information content (AvgIpc) is 2.46. The highest BCUT2D eigenvalue weighted by atomic mass is 16.7. The minimum atomic E-state index is -0.231. The van der Waals surface area contributed by atoms with Gasteiger partial charge in [-0.05, 0) is 31.9 Å². The molecular weight excluding hydrogens is 180 g/mol. The molecule has 0 aromatic heterocycles. The number of Topliss-reactive ketones (excluding diaryl/α,β-unsaturated/α-hetero) is 1. The van der Waals surface area contributed by atoms with E-state index in [2.05, 4.69) is 0 Å². The molecule has 0 amide bonds. The van der Waals surface area contributed by atoms with E-state index < -0.39 is 0 Å². The van der Waals surface area contributed by atoms with E-state index in [0.717, 1.165) is 12.0 Å². The van der Waals surface area contributed by atoms with Crippen LogP contribution in [0.2, 0.25) is 0 Å². The average molecular weight is 198 g/mol. The summed E-state index contributed by atoms with van der Waals surface area (Å²) >= 11 is 0. The second-order valence-electron chi connectivity index (χ2n) is 3.37. The minimum Gasteiger partial charge on any atom is -0.353 e. The molecule has 0 aliphatic heterocycles. The Balaban J connectivity index is 2.41. The molecular formula is C11H18O3. The molecule has 14 heavy (non-hydrogen) atoms. The Bertz CT molecular complexity index is 233. The molecule has 1 rings (SSSR count). The Morgan fingerprint density at radius 1 is 1.57 bits per heavy atom. The fraction of sp³-hybridized carbons (Fsp3) is 0.727. The molecule has 0 saturated heterocycles. The van der Waals surface area contributed by atoms with E-state index in [1.807, 2.05) is 26.8 Å². The molecule has 80 valence electrons. The van der Waals surface area contributed by atoms with Crippen molar-refractivity contribution in [2.45, 2.75) is 46.0 Å². The third-order valence-electron chi connectivity index (χ3n) is 2.28. The Morgan fingerprint density at radius 2 is 2.29 bits per heavy atom. The van der Waals surface area contributed by atoms with Crippen molar-refractivity contribution in [2.75, 3.05) is 6.61 Å². The van der Waals surface area contributed by atoms with Crippen LogP contribution < -0.4 is 0 Å². The number of hydrogen-bond donors (Lipinski definition) is 0. The first-order valence-corrected chi connectivity index (χ1v) is 5.18. The predicted molar refractivity (Wildman–Crippen MR) is 54.0 cm³/mol. The predicted octanol–water partition coefficient (Wildman–Crippen LogP) is 2.06. The Labute approximate surface area is 85.1 Å². The standard InChI is InChI=1S/C11H18O3/c1-4-9-6-10(7-11(9)12)14-8(3)13-5-2/h6,8,10H,4-5,7H2,1-3H3. The van der Waals surface area contributed by atoms with Gasteiger partial charge in [0, 0.05) is 13.0 Å². The first-order chi connectivity index (χ1) is 6.67. The number of ether oxygens (including phenoxy) is 2. The van der Waals surface area contributed by atoms with Gasteiger partial charge in [0.2, 0.25) is 0 Å². The zero-order valence-corrected chi connectivity index (χ0v) is 9.08. The van der Waals surface area contributed by atoms with Gasteiger partial charge in [0.05, 0.1) is 6.10 Å². The van der Waals surface area contributed by atoms with Crippen LogP contribution in [0.1, 0.15) is 33.6 Å². The third kappa shape index (κ3) is 2.93. The summed E-state index contributed by atoms with van der Waals surface area (Å²) in [5.74, 6) is 0.209. The molecule has 3 heteroatoms. The topological polar surface area (TPSA) is 35.5 Å². The van der Waals surface area contributed by atoms with Crippen LogP contribution in [0.4, 0.5) is 0 Å². The quantitative estimate of drug-likeness (QED) is 0.634. The van der Waals surface area contributed by atoms with Crippen molar-refractivity contribution in [3.8, 4) is 0 Å².